The van der Waals surface area contributed by atoms with E-state index in [4.69, 9.17) is 1.37 Å². The molecule has 2 nitrogen and oxygen atoms in total. The molecule has 1 aliphatic carbocycles. The highest BCUT2D eigenvalue weighted by atomic mass is 79.9. The van der Waals surface area contributed by atoms with Gasteiger partial charge in [-0.1, -0.05) is 22.0 Å². The van der Waals surface area contributed by atoms with Gasteiger partial charge in [0.2, 0.25) is 0 Å². The molecule has 1 atom stereocenters. The predicted octanol–water partition coefficient (Wildman–Crippen LogP) is 2.62. The smallest absolute Gasteiger partial charge is 0.141 e. The topological polar surface area (TPSA) is 20.3 Å². The van der Waals surface area contributed by atoms with Gasteiger partial charge in [-0.3, -0.25) is 4.90 Å². The van der Waals surface area contributed by atoms with Crippen molar-refractivity contribution >= 4 is 22.2 Å². The molecule has 15 heavy (non-hydrogen) atoms. The van der Waals surface area contributed by atoms with E-state index in [-0.39, 0.29) is 18.6 Å². The van der Waals surface area contributed by atoms with Crippen LogP contribution < -0.4 is 0 Å². The first-order valence-corrected chi connectivity index (χ1v) is 5.83. The third-order valence-electron chi connectivity index (χ3n) is 3.57. The maximum absolute atomic E-state index is 11.2. The molecule has 2 aliphatic rings. The van der Waals surface area contributed by atoms with Gasteiger partial charge in [-0.15, -0.1) is 0 Å². The minimum atomic E-state index is -0.219. The number of halogens is 1. The molecule has 1 fully saturated rings. The minimum absolute atomic E-state index is 0.00750. The third-order valence-corrected chi connectivity index (χ3v) is 4.07. The first kappa shape index (κ1) is 8.48. The van der Waals surface area contributed by atoms with E-state index in [9.17, 15) is 4.79 Å². The van der Waals surface area contributed by atoms with Crippen molar-refractivity contribution in [1.82, 2.24) is 4.90 Å². The van der Waals surface area contributed by atoms with Gasteiger partial charge in [0.15, 0.2) is 0 Å². The van der Waals surface area contributed by atoms with Gasteiger partial charge < -0.3 is 4.79 Å². The van der Waals surface area contributed by atoms with Crippen molar-refractivity contribution in [3.05, 3.63) is 33.8 Å². The van der Waals surface area contributed by atoms with E-state index < -0.39 is 0 Å². The van der Waals surface area contributed by atoms with Gasteiger partial charge in [0.25, 0.3) is 0 Å². The fourth-order valence-electron chi connectivity index (χ4n) is 2.60. The highest BCUT2D eigenvalue weighted by molar-refractivity contribution is 9.10. The average molecular weight is 267 g/mol. The first-order valence-electron chi connectivity index (χ1n) is 5.75. The lowest BCUT2D eigenvalue weighted by atomic mass is 10.0. The average Bonchev–Trinajstić information content (AvgIpc) is 3.02. The van der Waals surface area contributed by atoms with Crippen LogP contribution in [0.4, 0.5) is 0 Å². The largest absolute Gasteiger partial charge is 0.301 e. The van der Waals surface area contributed by atoms with Crippen LogP contribution in [-0.4, -0.2) is 18.2 Å². The van der Waals surface area contributed by atoms with Crippen LogP contribution in [0.2, 0.25) is 0 Å². The quantitative estimate of drug-likeness (QED) is 0.729. The molecule has 1 saturated carbocycles. The van der Waals surface area contributed by atoms with Gasteiger partial charge in [0.1, 0.15) is 6.29 Å². The van der Waals surface area contributed by atoms with Crippen LogP contribution in [0.3, 0.4) is 0 Å². The zero-order valence-electron chi connectivity index (χ0n) is 9.24. The lowest BCUT2D eigenvalue weighted by Crippen LogP contribution is -2.28. The number of benzene rings is 1. The summed E-state index contributed by atoms with van der Waals surface area (Å²) in [4.78, 5) is 13.2. The molecule has 1 heterocycles. The predicted molar refractivity (Wildman–Crippen MR) is 61.6 cm³/mol. The number of carbonyl (C=O) groups excluding carboxylic acids is 1. The fourth-order valence-corrected chi connectivity index (χ4v) is 2.96. The highest BCUT2D eigenvalue weighted by Crippen LogP contribution is 2.59. The Morgan fingerprint density at radius 2 is 2.47 bits per heavy atom. The normalized spacial score (nSPS) is 27.5. The standard InChI is InChI=1S/C12H12BrNO/c1-14-11(7-15)9-3-2-8(13)6-10(9)12(14)4-5-12/h2-3,6-7,11H,4-5H2,1H3/i1D. The Hall–Kier alpha value is -0.670. The Kier molecular flexibility index (Phi) is 1.65. The van der Waals surface area contributed by atoms with E-state index in [0.29, 0.717) is 0 Å². The van der Waals surface area contributed by atoms with Crippen molar-refractivity contribution in [1.29, 1.82) is 0 Å². The van der Waals surface area contributed by atoms with Crippen molar-refractivity contribution in [2.75, 3.05) is 7.02 Å². The monoisotopic (exact) mass is 266 g/mol. The third kappa shape index (κ3) is 1.11. The molecule has 1 aliphatic heterocycles. The molecule has 0 bridgehead atoms. The zero-order chi connectivity index (χ0) is 11.3. The van der Waals surface area contributed by atoms with Gasteiger partial charge in [0.05, 0.1) is 6.04 Å². The molecular formula is C12H12BrNO. The van der Waals surface area contributed by atoms with Crippen molar-refractivity contribution in [3.63, 3.8) is 0 Å². The Morgan fingerprint density at radius 1 is 1.67 bits per heavy atom. The molecule has 1 aromatic rings. The maximum Gasteiger partial charge on any atom is 0.141 e. The molecule has 3 heteroatoms. The van der Waals surface area contributed by atoms with Gasteiger partial charge >= 0.3 is 0 Å². The zero-order valence-corrected chi connectivity index (χ0v) is 9.83. The van der Waals surface area contributed by atoms with Crippen molar-refractivity contribution in [3.8, 4) is 0 Å². The Morgan fingerprint density at radius 3 is 3.07 bits per heavy atom. The lowest BCUT2D eigenvalue weighted by molar-refractivity contribution is -0.112. The van der Waals surface area contributed by atoms with Gasteiger partial charge in [-0.2, -0.15) is 0 Å². The van der Waals surface area contributed by atoms with E-state index in [1.807, 2.05) is 17.0 Å². The van der Waals surface area contributed by atoms with Crippen molar-refractivity contribution in [2.24, 2.45) is 0 Å². The van der Waals surface area contributed by atoms with Crippen LogP contribution in [0.25, 0.3) is 0 Å². The summed E-state index contributed by atoms with van der Waals surface area (Å²) < 4.78 is 8.66. The van der Waals surface area contributed by atoms with Crippen LogP contribution >= 0.6 is 15.9 Å². The molecule has 1 unspecified atom stereocenters. The number of aldehydes is 1. The summed E-state index contributed by atoms with van der Waals surface area (Å²) >= 11 is 3.47. The van der Waals surface area contributed by atoms with E-state index in [1.165, 1.54) is 5.56 Å². The van der Waals surface area contributed by atoms with Crippen LogP contribution in [0.15, 0.2) is 22.7 Å². The minimum Gasteiger partial charge on any atom is -0.301 e. The molecule has 0 aromatic heterocycles. The van der Waals surface area contributed by atoms with E-state index in [2.05, 4.69) is 22.0 Å². The number of rotatable bonds is 1. The first-order chi connectivity index (χ1) is 7.73. The second kappa shape index (κ2) is 2.92. The Balaban J connectivity index is 2.18. The summed E-state index contributed by atoms with van der Waals surface area (Å²) in [5.74, 6) is 0. The summed E-state index contributed by atoms with van der Waals surface area (Å²) in [5, 5.41) is 0. The number of likely N-dealkylation sites (N-methyl/N-ethyl adjacent to an activating group) is 1. The second-order valence-electron chi connectivity index (χ2n) is 4.31. The molecule has 78 valence electrons. The molecule has 0 amide bonds. The summed E-state index contributed by atoms with van der Waals surface area (Å²) in [7, 11) is 0.190. The fraction of sp³-hybridized carbons (Fsp3) is 0.417. The van der Waals surface area contributed by atoms with Crippen molar-refractivity contribution in [2.45, 2.75) is 24.4 Å². The molecule has 3 rings (SSSR count). The van der Waals surface area contributed by atoms with Crippen LogP contribution in [0.1, 0.15) is 31.4 Å². The maximum atomic E-state index is 11.2. The van der Waals surface area contributed by atoms with E-state index in [0.717, 1.165) is 29.2 Å². The number of nitrogens with zero attached hydrogens (tertiary/aromatic N) is 1. The number of hydrogen-bond donors (Lipinski definition) is 0. The SMILES string of the molecule is [2H]CN1C(C=O)c2ccc(Br)cc2C12CC2. The van der Waals surface area contributed by atoms with Gasteiger partial charge in [0, 0.05) is 11.4 Å². The van der Waals surface area contributed by atoms with Gasteiger partial charge in [-0.25, -0.2) is 0 Å². The Labute approximate surface area is 98.8 Å². The molecule has 0 saturated heterocycles. The summed E-state index contributed by atoms with van der Waals surface area (Å²) in [6.45, 7) is 0. The lowest BCUT2D eigenvalue weighted by Gasteiger charge is -2.22. The summed E-state index contributed by atoms with van der Waals surface area (Å²) in [6.07, 6.45) is 3.10. The molecular weight excluding hydrogens is 254 g/mol. The van der Waals surface area contributed by atoms with Crippen molar-refractivity contribution < 1.29 is 6.17 Å². The second-order valence-corrected chi connectivity index (χ2v) is 5.23. The molecule has 0 radical (unpaired) electrons. The van der Waals surface area contributed by atoms with Crippen LogP contribution in [0.5, 0.6) is 0 Å². The molecule has 0 N–H and O–H groups in total. The number of carbonyl (C=O) groups is 1. The summed E-state index contributed by atoms with van der Waals surface area (Å²) in [5.41, 5.74) is 2.32. The number of hydrogen-bond acceptors (Lipinski definition) is 2. The van der Waals surface area contributed by atoms with E-state index in [1.54, 1.807) is 0 Å². The number of fused-ring (bicyclic) bond motifs is 2. The van der Waals surface area contributed by atoms with Crippen LogP contribution in [-0.2, 0) is 10.3 Å². The molecule has 1 aromatic carbocycles. The van der Waals surface area contributed by atoms with E-state index >= 15 is 0 Å². The van der Waals surface area contributed by atoms with Crippen LogP contribution in [0, 0.1) is 0 Å². The molecule has 1 spiro atoms. The Bertz CT molecular complexity index is 458. The summed E-state index contributed by atoms with van der Waals surface area (Å²) in [6, 6.07) is 5.87. The van der Waals surface area contributed by atoms with Gasteiger partial charge in [-0.05, 0) is 43.1 Å². The highest BCUT2D eigenvalue weighted by Gasteiger charge is 2.56.